The maximum absolute atomic E-state index is 3.52. The Morgan fingerprint density at radius 2 is 2.00 bits per heavy atom. The van der Waals surface area contributed by atoms with E-state index < -0.39 is 0 Å². The molecule has 2 heteroatoms. The Kier molecular flexibility index (Phi) is 2.36. The second kappa shape index (κ2) is 2.89. The Bertz CT molecular complexity index is 74.9. The van der Waals surface area contributed by atoms with Gasteiger partial charge >= 0.3 is 0 Å². The lowest BCUT2D eigenvalue weighted by molar-refractivity contribution is 0.518. The van der Waals surface area contributed by atoms with Crippen molar-refractivity contribution in [1.82, 2.24) is 5.32 Å². The van der Waals surface area contributed by atoms with E-state index in [2.05, 4.69) is 5.32 Å². The van der Waals surface area contributed by atoms with Crippen molar-refractivity contribution in [2.75, 3.05) is 6.54 Å². The van der Waals surface area contributed by atoms with Gasteiger partial charge in [-0.2, -0.15) is 0 Å². The summed E-state index contributed by atoms with van der Waals surface area (Å²) in [7, 11) is 0. The molecule has 0 aromatic heterocycles. The number of halogens is 1. The average molecular weight is 148 g/mol. The zero-order chi connectivity index (χ0) is 5.40. The van der Waals surface area contributed by atoms with Crippen molar-refractivity contribution < 1.29 is 0 Å². The first-order valence-electron chi connectivity index (χ1n) is 3.70. The molecule has 0 aromatic rings. The molecule has 1 aliphatic carbocycles. The topological polar surface area (TPSA) is 12.0 Å². The van der Waals surface area contributed by atoms with Crippen LogP contribution < -0.4 is 5.32 Å². The van der Waals surface area contributed by atoms with Crippen molar-refractivity contribution in [2.24, 2.45) is 5.92 Å². The van der Waals surface area contributed by atoms with Crippen molar-refractivity contribution in [1.29, 1.82) is 0 Å². The summed E-state index contributed by atoms with van der Waals surface area (Å²) in [5.41, 5.74) is 0. The lowest BCUT2D eigenvalue weighted by Gasteiger charge is -2.05. The van der Waals surface area contributed by atoms with Gasteiger partial charge in [-0.25, -0.2) is 0 Å². The molecule has 1 N–H and O–H groups in total. The fourth-order valence-corrected chi connectivity index (χ4v) is 2.11. The Morgan fingerprint density at radius 3 is 2.78 bits per heavy atom. The van der Waals surface area contributed by atoms with Crippen LogP contribution in [-0.2, 0) is 0 Å². The maximum atomic E-state index is 3.52. The summed E-state index contributed by atoms with van der Waals surface area (Å²) in [6, 6.07) is 0.926. The molecule has 0 aromatic carbocycles. The van der Waals surface area contributed by atoms with Crippen molar-refractivity contribution in [3.8, 4) is 0 Å². The second-order valence-electron chi connectivity index (χ2n) is 3.04. The van der Waals surface area contributed by atoms with Gasteiger partial charge in [0.05, 0.1) is 0 Å². The first kappa shape index (κ1) is 7.36. The minimum atomic E-state index is 0. The Morgan fingerprint density at radius 1 is 1.11 bits per heavy atom. The molecule has 2 aliphatic rings. The molecule has 2 unspecified atom stereocenters. The molecule has 0 bridgehead atoms. The van der Waals surface area contributed by atoms with E-state index in [1.807, 2.05) is 0 Å². The molecule has 2 rings (SSSR count). The smallest absolute Gasteiger partial charge is 0.00958 e. The predicted molar refractivity (Wildman–Crippen MR) is 41.0 cm³/mol. The highest BCUT2D eigenvalue weighted by atomic mass is 35.5. The fourth-order valence-electron chi connectivity index (χ4n) is 2.11. The number of rotatable bonds is 0. The van der Waals surface area contributed by atoms with E-state index in [9.17, 15) is 0 Å². The lowest BCUT2D eigenvalue weighted by atomic mass is 10.1. The number of hydrogen-bond donors (Lipinski definition) is 1. The fraction of sp³-hybridized carbons (Fsp3) is 1.00. The molecular weight excluding hydrogens is 134 g/mol. The molecule has 1 aliphatic heterocycles. The number of nitrogens with one attached hydrogen (secondary N) is 1. The van der Waals surface area contributed by atoms with E-state index in [0.29, 0.717) is 0 Å². The standard InChI is InChI=1S/C7H13N.ClH/c1-2-6-4-5-8-7(6)3-1;/h6-8H,1-5H2;1H. The van der Waals surface area contributed by atoms with Crippen LogP contribution in [0.2, 0.25) is 0 Å². The summed E-state index contributed by atoms with van der Waals surface area (Å²) >= 11 is 0. The maximum Gasteiger partial charge on any atom is 0.00958 e. The summed E-state index contributed by atoms with van der Waals surface area (Å²) < 4.78 is 0. The Hall–Kier alpha value is 0.250. The molecule has 1 heterocycles. The van der Waals surface area contributed by atoms with E-state index in [4.69, 9.17) is 0 Å². The van der Waals surface area contributed by atoms with E-state index in [1.54, 1.807) is 0 Å². The van der Waals surface area contributed by atoms with Gasteiger partial charge in [0.2, 0.25) is 0 Å². The highest BCUT2D eigenvalue weighted by Crippen LogP contribution is 2.31. The van der Waals surface area contributed by atoms with Crippen molar-refractivity contribution >= 4 is 12.4 Å². The molecule has 2 atom stereocenters. The van der Waals surface area contributed by atoms with Gasteiger partial charge in [-0.3, -0.25) is 0 Å². The first-order valence-corrected chi connectivity index (χ1v) is 3.70. The van der Waals surface area contributed by atoms with E-state index >= 15 is 0 Å². The minimum absolute atomic E-state index is 0. The van der Waals surface area contributed by atoms with E-state index in [0.717, 1.165) is 12.0 Å². The molecule has 1 nitrogen and oxygen atoms in total. The summed E-state index contributed by atoms with van der Waals surface area (Å²) in [5.74, 6) is 1.06. The summed E-state index contributed by atoms with van der Waals surface area (Å²) in [6.07, 6.45) is 5.87. The quantitative estimate of drug-likeness (QED) is 0.549. The molecule has 0 spiro atoms. The highest BCUT2D eigenvalue weighted by molar-refractivity contribution is 5.85. The van der Waals surface area contributed by atoms with Crippen molar-refractivity contribution in [2.45, 2.75) is 31.7 Å². The molecule has 9 heavy (non-hydrogen) atoms. The summed E-state index contributed by atoms with van der Waals surface area (Å²) in [5, 5.41) is 3.52. The van der Waals surface area contributed by atoms with Crippen molar-refractivity contribution in [3.63, 3.8) is 0 Å². The van der Waals surface area contributed by atoms with Crippen LogP contribution in [0.1, 0.15) is 25.7 Å². The summed E-state index contributed by atoms with van der Waals surface area (Å²) in [4.78, 5) is 0. The van der Waals surface area contributed by atoms with Crippen LogP contribution in [0.3, 0.4) is 0 Å². The van der Waals surface area contributed by atoms with Crippen LogP contribution >= 0.6 is 12.4 Å². The molecule has 1 saturated carbocycles. The van der Waals surface area contributed by atoms with E-state index in [1.165, 1.54) is 32.2 Å². The lowest BCUT2D eigenvalue weighted by Crippen LogP contribution is -2.21. The second-order valence-corrected chi connectivity index (χ2v) is 3.04. The minimum Gasteiger partial charge on any atom is -0.314 e. The Balaban J connectivity index is 0.000000405. The third-order valence-corrected chi connectivity index (χ3v) is 2.58. The molecule has 0 radical (unpaired) electrons. The van der Waals surface area contributed by atoms with Crippen LogP contribution in [0.5, 0.6) is 0 Å². The predicted octanol–water partition coefficient (Wildman–Crippen LogP) is 1.57. The van der Waals surface area contributed by atoms with Gasteiger partial charge in [0, 0.05) is 6.04 Å². The number of fused-ring (bicyclic) bond motifs is 1. The normalized spacial score (nSPS) is 40.0. The van der Waals surface area contributed by atoms with Crippen LogP contribution in [0.15, 0.2) is 0 Å². The largest absolute Gasteiger partial charge is 0.314 e. The van der Waals surface area contributed by atoms with Gasteiger partial charge in [0.15, 0.2) is 0 Å². The van der Waals surface area contributed by atoms with Gasteiger partial charge in [-0.05, 0) is 31.7 Å². The van der Waals surface area contributed by atoms with Crippen LogP contribution in [-0.4, -0.2) is 12.6 Å². The molecular formula is C7H14ClN. The van der Waals surface area contributed by atoms with Crippen LogP contribution in [0.25, 0.3) is 0 Å². The van der Waals surface area contributed by atoms with Gasteiger partial charge in [0.1, 0.15) is 0 Å². The van der Waals surface area contributed by atoms with Gasteiger partial charge in [0.25, 0.3) is 0 Å². The average Bonchev–Trinajstić information content (AvgIpc) is 2.15. The highest BCUT2D eigenvalue weighted by Gasteiger charge is 2.30. The van der Waals surface area contributed by atoms with Gasteiger partial charge in [-0.15, -0.1) is 12.4 Å². The van der Waals surface area contributed by atoms with E-state index in [-0.39, 0.29) is 12.4 Å². The summed E-state index contributed by atoms with van der Waals surface area (Å²) in [6.45, 7) is 1.29. The van der Waals surface area contributed by atoms with Gasteiger partial charge < -0.3 is 5.32 Å². The van der Waals surface area contributed by atoms with Crippen molar-refractivity contribution in [3.05, 3.63) is 0 Å². The van der Waals surface area contributed by atoms with Crippen LogP contribution in [0, 0.1) is 5.92 Å². The number of hydrogen-bond acceptors (Lipinski definition) is 1. The monoisotopic (exact) mass is 147 g/mol. The van der Waals surface area contributed by atoms with Gasteiger partial charge in [-0.1, -0.05) is 6.42 Å². The SMILES string of the molecule is C1CC2CCNC2C1.Cl. The third kappa shape index (κ3) is 1.22. The molecule has 54 valence electrons. The Labute approximate surface area is 62.6 Å². The van der Waals surface area contributed by atoms with Crippen LogP contribution in [0.4, 0.5) is 0 Å². The molecule has 2 fully saturated rings. The third-order valence-electron chi connectivity index (χ3n) is 2.58. The molecule has 1 saturated heterocycles. The molecule has 0 amide bonds. The zero-order valence-electron chi connectivity index (χ0n) is 5.60. The zero-order valence-corrected chi connectivity index (χ0v) is 6.41. The first-order chi connectivity index (χ1) is 3.97.